The quantitative estimate of drug-likeness (QED) is 0.525. The Bertz CT molecular complexity index is 1350. The van der Waals surface area contributed by atoms with Crippen molar-refractivity contribution < 1.29 is 4.79 Å². The van der Waals surface area contributed by atoms with E-state index in [-0.39, 0.29) is 5.91 Å². The van der Waals surface area contributed by atoms with Crippen LogP contribution in [-0.4, -0.2) is 56.3 Å². The van der Waals surface area contributed by atoms with Crippen molar-refractivity contribution >= 4 is 11.6 Å². The van der Waals surface area contributed by atoms with Crippen LogP contribution in [0.25, 0.3) is 28.2 Å². The molecule has 3 aromatic heterocycles. The zero-order valence-corrected chi connectivity index (χ0v) is 18.9. The number of aromatic nitrogens is 3. The molecule has 0 spiro atoms. The molecule has 1 saturated heterocycles. The van der Waals surface area contributed by atoms with Gasteiger partial charge in [-0.2, -0.15) is 5.26 Å². The van der Waals surface area contributed by atoms with Gasteiger partial charge in [-0.25, -0.2) is 4.98 Å². The number of aromatic amines is 1. The molecule has 1 aliphatic rings. The van der Waals surface area contributed by atoms with Gasteiger partial charge >= 0.3 is 0 Å². The molecule has 0 unspecified atom stereocenters. The topological polar surface area (TPSA) is 80.4 Å². The van der Waals surface area contributed by atoms with Crippen LogP contribution in [0.5, 0.6) is 0 Å². The average molecular weight is 439 g/mol. The van der Waals surface area contributed by atoms with Crippen molar-refractivity contribution in [1.82, 2.24) is 24.2 Å². The van der Waals surface area contributed by atoms with E-state index in [2.05, 4.69) is 50.8 Å². The minimum atomic E-state index is 0.133. The van der Waals surface area contributed by atoms with Crippen molar-refractivity contribution in [2.45, 2.75) is 20.4 Å². The lowest BCUT2D eigenvalue weighted by Crippen LogP contribution is -2.47. The average Bonchev–Trinajstić information content (AvgIpc) is 3.43. The van der Waals surface area contributed by atoms with Crippen molar-refractivity contribution in [3.8, 4) is 28.6 Å². The molecule has 33 heavy (non-hydrogen) atoms. The molecule has 166 valence electrons. The number of piperazine rings is 1. The number of amides is 1. The lowest BCUT2D eigenvalue weighted by Gasteiger charge is -2.34. The Morgan fingerprint density at radius 1 is 1.03 bits per heavy atom. The molecular formula is C26H26N6O. The number of rotatable bonds is 4. The van der Waals surface area contributed by atoms with E-state index < -0.39 is 0 Å². The van der Waals surface area contributed by atoms with E-state index >= 15 is 0 Å². The smallest absolute Gasteiger partial charge is 0.219 e. The Kier molecular flexibility index (Phi) is 5.45. The van der Waals surface area contributed by atoms with Crippen LogP contribution in [0.1, 0.15) is 23.9 Å². The number of nitriles is 1. The van der Waals surface area contributed by atoms with E-state index in [1.54, 1.807) is 6.92 Å². The molecule has 1 aliphatic heterocycles. The van der Waals surface area contributed by atoms with Crippen molar-refractivity contribution in [3.63, 3.8) is 0 Å². The molecule has 0 atom stereocenters. The highest BCUT2D eigenvalue weighted by Gasteiger charge is 2.22. The Hall–Kier alpha value is -3.89. The van der Waals surface area contributed by atoms with Gasteiger partial charge in [0.25, 0.3) is 0 Å². The maximum Gasteiger partial charge on any atom is 0.219 e. The van der Waals surface area contributed by atoms with Gasteiger partial charge in [-0.05, 0) is 43.3 Å². The molecule has 4 heterocycles. The molecule has 0 aliphatic carbocycles. The predicted molar refractivity (Wildman–Crippen MR) is 127 cm³/mol. The number of benzene rings is 1. The van der Waals surface area contributed by atoms with Crippen LogP contribution >= 0.6 is 0 Å². The van der Waals surface area contributed by atoms with E-state index in [9.17, 15) is 10.1 Å². The molecule has 0 radical (unpaired) electrons. The summed E-state index contributed by atoms with van der Waals surface area (Å²) in [4.78, 5) is 24.4. The monoisotopic (exact) mass is 438 g/mol. The second-order valence-electron chi connectivity index (χ2n) is 8.58. The van der Waals surface area contributed by atoms with Crippen LogP contribution in [0.2, 0.25) is 0 Å². The van der Waals surface area contributed by atoms with Crippen molar-refractivity contribution in [2.75, 3.05) is 26.2 Å². The third kappa shape index (κ3) is 4.13. The van der Waals surface area contributed by atoms with Crippen LogP contribution in [0.3, 0.4) is 0 Å². The number of nitrogens with zero attached hydrogens (tertiary/aromatic N) is 5. The van der Waals surface area contributed by atoms with E-state index in [1.807, 2.05) is 36.1 Å². The first-order valence-corrected chi connectivity index (χ1v) is 11.2. The molecule has 5 rings (SSSR count). The summed E-state index contributed by atoms with van der Waals surface area (Å²) in [5.74, 6) is 0.133. The summed E-state index contributed by atoms with van der Waals surface area (Å²) in [6.45, 7) is 7.55. The number of carbonyl (C=O) groups excluding carboxylic acids is 1. The van der Waals surface area contributed by atoms with Gasteiger partial charge in [-0.15, -0.1) is 0 Å². The first kappa shape index (κ1) is 21.0. The van der Waals surface area contributed by atoms with E-state index in [0.717, 1.165) is 72.3 Å². The molecule has 1 N–H and O–H groups in total. The van der Waals surface area contributed by atoms with Crippen molar-refractivity contribution in [3.05, 3.63) is 71.7 Å². The van der Waals surface area contributed by atoms with Crippen LogP contribution < -0.4 is 0 Å². The van der Waals surface area contributed by atoms with Gasteiger partial charge in [-0.3, -0.25) is 9.69 Å². The predicted octanol–water partition coefficient (Wildman–Crippen LogP) is 3.84. The maximum atomic E-state index is 11.7. The molecule has 7 heteroatoms. The Balaban J connectivity index is 1.56. The third-order valence-electron chi connectivity index (χ3n) is 6.34. The minimum absolute atomic E-state index is 0.133. The first-order chi connectivity index (χ1) is 16.0. The van der Waals surface area contributed by atoms with E-state index in [4.69, 9.17) is 4.98 Å². The van der Waals surface area contributed by atoms with Crippen molar-refractivity contribution in [1.29, 1.82) is 5.26 Å². The fourth-order valence-electron chi connectivity index (χ4n) is 4.44. The summed E-state index contributed by atoms with van der Waals surface area (Å²) in [7, 11) is 0. The largest absolute Gasteiger partial charge is 0.359 e. The molecule has 1 amide bonds. The molecular weight excluding hydrogens is 412 g/mol. The van der Waals surface area contributed by atoms with Gasteiger partial charge in [0.2, 0.25) is 5.91 Å². The van der Waals surface area contributed by atoms with E-state index in [0.29, 0.717) is 5.56 Å². The Labute approximate surface area is 192 Å². The first-order valence-electron chi connectivity index (χ1n) is 11.2. The summed E-state index contributed by atoms with van der Waals surface area (Å²) in [5.41, 5.74) is 7.84. The number of fused-ring (bicyclic) bond motifs is 1. The summed E-state index contributed by atoms with van der Waals surface area (Å²) in [6.07, 6.45) is 2.14. The molecule has 7 nitrogen and oxygen atoms in total. The zero-order valence-electron chi connectivity index (χ0n) is 18.9. The van der Waals surface area contributed by atoms with Gasteiger partial charge in [-0.1, -0.05) is 12.1 Å². The second kappa shape index (κ2) is 8.57. The molecule has 0 bridgehead atoms. The number of imidazole rings is 1. The number of aryl methyl sites for hydroxylation is 1. The van der Waals surface area contributed by atoms with Crippen LogP contribution in [0.15, 0.2) is 54.7 Å². The van der Waals surface area contributed by atoms with E-state index in [1.165, 1.54) is 0 Å². The summed E-state index contributed by atoms with van der Waals surface area (Å²) in [6, 6.07) is 18.1. The van der Waals surface area contributed by atoms with Crippen LogP contribution in [-0.2, 0) is 11.3 Å². The lowest BCUT2D eigenvalue weighted by molar-refractivity contribution is -0.130. The molecule has 1 fully saturated rings. The number of H-pyrrole nitrogens is 1. The summed E-state index contributed by atoms with van der Waals surface area (Å²) < 4.78 is 2.18. The number of hydrogen-bond donors (Lipinski definition) is 1. The summed E-state index contributed by atoms with van der Waals surface area (Å²) >= 11 is 0. The highest BCUT2D eigenvalue weighted by Crippen LogP contribution is 2.29. The van der Waals surface area contributed by atoms with Gasteiger partial charge in [0.1, 0.15) is 5.65 Å². The fourth-order valence-corrected chi connectivity index (χ4v) is 4.44. The van der Waals surface area contributed by atoms with Crippen molar-refractivity contribution in [2.24, 2.45) is 0 Å². The highest BCUT2D eigenvalue weighted by atomic mass is 16.2. The minimum Gasteiger partial charge on any atom is -0.359 e. The van der Waals surface area contributed by atoms with Crippen LogP contribution in [0, 0.1) is 18.3 Å². The van der Waals surface area contributed by atoms with Gasteiger partial charge in [0, 0.05) is 68.4 Å². The van der Waals surface area contributed by atoms with Crippen LogP contribution in [0.4, 0.5) is 0 Å². The lowest BCUT2D eigenvalue weighted by atomic mass is 10.1. The molecule has 4 aromatic rings. The number of carbonyl (C=O) groups is 1. The zero-order chi connectivity index (χ0) is 22.9. The highest BCUT2D eigenvalue weighted by molar-refractivity contribution is 5.73. The van der Waals surface area contributed by atoms with Gasteiger partial charge in [0.05, 0.1) is 23.0 Å². The normalized spacial score (nSPS) is 14.5. The Morgan fingerprint density at radius 3 is 2.39 bits per heavy atom. The summed E-state index contributed by atoms with van der Waals surface area (Å²) in [5, 5.41) is 9.18. The molecule has 1 aromatic carbocycles. The Morgan fingerprint density at radius 2 is 1.76 bits per heavy atom. The number of hydrogen-bond acceptors (Lipinski definition) is 4. The SMILES string of the molecule is CC(=O)N1CCN(Cc2c(-c3ccc(C#N)cc3)nc3ccc(-c4ccc(C)[nH]4)cn23)CC1. The molecule has 0 saturated carbocycles. The fraction of sp³-hybridized carbons (Fsp3) is 0.269. The second-order valence-corrected chi connectivity index (χ2v) is 8.58. The number of nitrogens with one attached hydrogen (secondary N) is 1. The van der Waals surface area contributed by atoms with Gasteiger partial charge < -0.3 is 14.3 Å². The third-order valence-corrected chi connectivity index (χ3v) is 6.34. The van der Waals surface area contributed by atoms with Gasteiger partial charge in [0.15, 0.2) is 0 Å². The maximum absolute atomic E-state index is 11.7. The number of pyridine rings is 1. The standard InChI is InChI=1S/C26H26N6O/c1-18-3-9-23(28-18)22-8-10-25-29-26(21-6-4-20(15-27)5-7-21)24(32(25)16-22)17-30-11-13-31(14-12-30)19(2)33/h3-10,16,28H,11-14,17H2,1-2H3.